The highest BCUT2D eigenvalue weighted by molar-refractivity contribution is 7.12. The maximum absolute atomic E-state index is 13.1. The first-order valence-corrected chi connectivity index (χ1v) is 10.6. The van der Waals surface area contributed by atoms with Gasteiger partial charge in [-0.3, -0.25) is 4.79 Å². The molecule has 0 saturated carbocycles. The summed E-state index contributed by atoms with van der Waals surface area (Å²) in [5.41, 5.74) is 0. The van der Waals surface area contributed by atoms with E-state index in [9.17, 15) is 18.0 Å². The molecule has 3 heterocycles. The Morgan fingerprint density at radius 3 is 2.50 bits per heavy atom. The van der Waals surface area contributed by atoms with Crippen molar-refractivity contribution >= 4 is 23.2 Å². The second-order valence-corrected chi connectivity index (χ2v) is 7.91. The van der Waals surface area contributed by atoms with Gasteiger partial charge in [0.2, 0.25) is 0 Å². The highest BCUT2D eigenvalue weighted by Gasteiger charge is 2.46. The van der Waals surface area contributed by atoms with Gasteiger partial charge in [-0.15, -0.1) is 11.3 Å². The van der Waals surface area contributed by atoms with Crippen LogP contribution in [-0.2, 0) is 9.53 Å². The zero-order valence-electron chi connectivity index (χ0n) is 17.1. The minimum atomic E-state index is -5.08. The van der Waals surface area contributed by atoms with E-state index in [1.807, 2.05) is 18.4 Å². The number of hydrogen-bond donors (Lipinski definition) is 1. The van der Waals surface area contributed by atoms with E-state index in [-0.39, 0.29) is 18.1 Å². The number of carboxylic acids is 1. The summed E-state index contributed by atoms with van der Waals surface area (Å²) in [4.78, 5) is 27.2. The summed E-state index contributed by atoms with van der Waals surface area (Å²) >= 11 is 1.48. The molecule has 3 rings (SSSR count). The van der Waals surface area contributed by atoms with Crippen LogP contribution in [0.5, 0.6) is 5.75 Å². The first-order valence-electron chi connectivity index (χ1n) is 9.70. The lowest BCUT2D eigenvalue weighted by Gasteiger charge is -2.41. The smallest absolute Gasteiger partial charge is 0.490 e. The van der Waals surface area contributed by atoms with Crippen molar-refractivity contribution in [2.24, 2.45) is 5.92 Å². The Kier molecular flexibility index (Phi) is 8.51. The molecule has 11 heteroatoms. The predicted octanol–water partition coefficient (Wildman–Crippen LogP) is 2.96. The molecule has 170 valence electrons. The number of aliphatic carboxylic acids is 1. The Morgan fingerprint density at radius 2 is 1.97 bits per heavy atom. The molecule has 1 amide bonds. The van der Waals surface area contributed by atoms with Gasteiger partial charge in [-0.25, -0.2) is 4.79 Å². The Bertz CT molecular complexity index is 727. The van der Waals surface area contributed by atoms with Crippen molar-refractivity contribution < 1.29 is 37.3 Å². The minimum Gasteiger partial charge on any atom is -0.492 e. The van der Waals surface area contributed by atoms with Crippen LogP contribution in [0, 0.1) is 5.92 Å². The van der Waals surface area contributed by atoms with Gasteiger partial charge in [0.1, 0.15) is 10.6 Å². The van der Waals surface area contributed by atoms with Crippen molar-refractivity contribution in [1.29, 1.82) is 0 Å². The molecule has 30 heavy (non-hydrogen) atoms. The Hall–Kier alpha value is -1.85. The fourth-order valence-electron chi connectivity index (χ4n) is 3.89. The topological polar surface area (TPSA) is 79.3 Å². The van der Waals surface area contributed by atoms with Gasteiger partial charge in [-0.05, 0) is 31.3 Å². The van der Waals surface area contributed by atoms with Crippen LogP contribution < -0.4 is 4.74 Å². The van der Waals surface area contributed by atoms with Crippen LogP contribution in [0.3, 0.4) is 0 Å². The van der Waals surface area contributed by atoms with Crippen molar-refractivity contribution in [3.8, 4) is 5.75 Å². The second-order valence-electron chi connectivity index (χ2n) is 6.99. The molecule has 1 N–H and O–H groups in total. The Balaban J connectivity index is 0.000000396. The Morgan fingerprint density at radius 1 is 1.30 bits per heavy atom. The van der Waals surface area contributed by atoms with E-state index >= 15 is 0 Å². The number of methoxy groups -OCH3 is 1. The highest BCUT2D eigenvalue weighted by atomic mass is 32.1. The normalized spacial score (nSPS) is 24.1. The van der Waals surface area contributed by atoms with E-state index in [1.165, 1.54) is 11.3 Å². The van der Waals surface area contributed by atoms with Crippen LogP contribution in [0.1, 0.15) is 29.9 Å². The molecule has 0 radical (unpaired) electrons. The van der Waals surface area contributed by atoms with Crippen LogP contribution >= 0.6 is 11.3 Å². The number of piperidine rings is 1. The van der Waals surface area contributed by atoms with Gasteiger partial charge >= 0.3 is 12.1 Å². The summed E-state index contributed by atoms with van der Waals surface area (Å²) in [6.45, 7) is 8.46. The lowest BCUT2D eigenvalue weighted by atomic mass is 9.89. The predicted molar refractivity (Wildman–Crippen MR) is 105 cm³/mol. The summed E-state index contributed by atoms with van der Waals surface area (Å²) in [6, 6.07) is 2.14. The number of ether oxygens (including phenoxy) is 2. The number of alkyl halides is 3. The van der Waals surface area contributed by atoms with Gasteiger partial charge in [-0.2, -0.15) is 13.2 Å². The molecule has 0 bridgehead atoms. The number of thiophene rings is 1. The summed E-state index contributed by atoms with van der Waals surface area (Å²) in [7, 11) is 1.79. The number of amides is 1. The molecule has 2 aliphatic heterocycles. The average molecular weight is 452 g/mol. The summed E-state index contributed by atoms with van der Waals surface area (Å²) in [5.74, 6) is -1.51. The van der Waals surface area contributed by atoms with Gasteiger partial charge in [0.15, 0.2) is 0 Å². The number of carbonyl (C=O) groups is 2. The molecule has 0 spiro atoms. The van der Waals surface area contributed by atoms with Crippen LogP contribution in [-0.4, -0.2) is 85.0 Å². The third-order valence-corrected chi connectivity index (χ3v) is 6.20. The molecule has 0 unspecified atom stereocenters. The number of hydrogen-bond acceptors (Lipinski definition) is 6. The number of nitrogens with zero attached hydrogens (tertiary/aromatic N) is 2. The van der Waals surface area contributed by atoms with E-state index in [4.69, 9.17) is 19.4 Å². The van der Waals surface area contributed by atoms with Gasteiger partial charge in [-0.1, -0.05) is 6.92 Å². The average Bonchev–Trinajstić information content (AvgIpc) is 3.33. The quantitative estimate of drug-likeness (QED) is 0.740. The van der Waals surface area contributed by atoms with E-state index in [2.05, 4.69) is 16.7 Å². The highest BCUT2D eigenvalue weighted by Crippen LogP contribution is 2.35. The van der Waals surface area contributed by atoms with Crippen LogP contribution in [0.4, 0.5) is 13.2 Å². The molecule has 1 aromatic rings. The van der Waals surface area contributed by atoms with Gasteiger partial charge < -0.3 is 24.4 Å². The third kappa shape index (κ3) is 5.64. The fraction of sp³-hybridized carbons (Fsp3) is 0.684. The largest absolute Gasteiger partial charge is 0.492 e. The molecule has 2 saturated heterocycles. The van der Waals surface area contributed by atoms with Crippen molar-refractivity contribution in [3.63, 3.8) is 0 Å². The number of likely N-dealkylation sites (tertiary alicyclic amines) is 2. The van der Waals surface area contributed by atoms with Crippen LogP contribution in [0.25, 0.3) is 0 Å². The molecular formula is C19H27F3N2O5S. The number of carbonyl (C=O) groups excluding carboxylic acids is 1. The lowest BCUT2D eigenvalue weighted by molar-refractivity contribution is -0.192. The zero-order valence-corrected chi connectivity index (χ0v) is 18.0. The van der Waals surface area contributed by atoms with Gasteiger partial charge in [0.25, 0.3) is 5.91 Å². The van der Waals surface area contributed by atoms with Crippen molar-refractivity contribution in [2.45, 2.75) is 38.6 Å². The van der Waals surface area contributed by atoms with E-state index in [0.29, 0.717) is 12.5 Å². The summed E-state index contributed by atoms with van der Waals surface area (Å²) in [5, 5.41) is 9.06. The van der Waals surface area contributed by atoms with Crippen LogP contribution in [0.2, 0.25) is 0 Å². The zero-order chi connectivity index (χ0) is 22.5. The molecule has 0 aromatic carbocycles. The summed E-state index contributed by atoms with van der Waals surface area (Å²) in [6.07, 6.45) is -3.91. The second kappa shape index (κ2) is 10.5. The van der Waals surface area contributed by atoms with E-state index in [1.54, 1.807) is 7.11 Å². The monoisotopic (exact) mass is 452 g/mol. The molecular weight excluding hydrogens is 425 g/mol. The maximum atomic E-state index is 13.1. The standard InChI is InChI=1S/C17H26N2O3S.C2HF3O2/c1-4-18-10-12-13(11-18)19(8-6-14(12)21-3)17(20)16-15(22-5-2)7-9-23-16;3-2(4,5)1(6)7/h7,9,12-14H,4-6,8,10-11H2,1-3H3;(H,6,7)/t12-,13+,14+;/m0./s1. The van der Waals surface area contributed by atoms with Gasteiger partial charge in [0, 0.05) is 32.7 Å². The molecule has 2 aliphatic rings. The number of carboxylic acid groups (broad SMARTS) is 1. The van der Waals surface area contributed by atoms with Crippen molar-refractivity contribution in [3.05, 3.63) is 16.3 Å². The molecule has 2 fully saturated rings. The van der Waals surface area contributed by atoms with Crippen molar-refractivity contribution in [1.82, 2.24) is 9.80 Å². The first kappa shape index (κ1) is 24.4. The number of likely N-dealkylation sites (N-methyl/N-ethyl adjacent to an activating group) is 1. The molecule has 3 atom stereocenters. The SMILES string of the molecule is CCOc1ccsc1C(=O)N1CC[C@@H](OC)[C@H]2CN(CC)C[C@H]21.O=C(O)C(F)(F)F. The lowest BCUT2D eigenvalue weighted by Crippen LogP contribution is -2.53. The van der Waals surface area contributed by atoms with Gasteiger partial charge in [0.05, 0.1) is 18.8 Å². The molecule has 1 aromatic heterocycles. The molecule has 7 nitrogen and oxygen atoms in total. The Labute approximate surface area is 177 Å². The fourth-order valence-corrected chi connectivity index (χ4v) is 4.68. The van der Waals surface area contributed by atoms with Crippen molar-refractivity contribution in [2.75, 3.05) is 39.9 Å². The molecule has 0 aliphatic carbocycles. The maximum Gasteiger partial charge on any atom is 0.490 e. The first-order chi connectivity index (χ1) is 14.1. The summed E-state index contributed by atoms with van der Waals surface area (Å²) < 4.78 is 43.0. The number of halogens is 3. The number of rotatable bonds is 5. The van der Waals surface area contributed by atoms with Crippen LogP contribution in [0.15, 0.2) is 11.4 Å². The number of fused-ring (bicyclic) bond motifs is 1. The van der Waals surface area contributed by atoms with E-state index in [0.717, 1.165) is 43.2 Å². The minimum absolute atomic E-state index is 0.117. The third-order valence-electron chi connectivity index (χ3n) is 5.32. The van der Waals surface area contributed by atoms with E-state index < -0.39 is 12.1 Å².